The van der Waals surface area contributed by atoms with Crippen molar-refractivity contribution in [2.75, 3.05) is 17.7 Å². The van der Waals surface area contributed by atoms with Crippen LogP contribution in [-0.4, -0.2) is 19.0 Å². The number of amides is 1. The van der Waals surface area contributed by atoms with Crippen molar-refractivity contribution in [1.82, 2.24) is 0 Å². The highest BCUT2D eigenvalue weighted by atomic mass is 127. The van der Waals surface area contributed by atoms with Crippen LogP contribution in [0.5, 0.6) is 5.75 Å². The Morgan fingerprint density at radius 2 is 1.93 bits per heavy atom. The smallest absolute Gasteiger partial charge is 0.291 e. The van der Waals surface area contributed by atoms with Crippen LogP contribution in [0.15, 0.2) is 70.3 Å². The predicted molar refractivity (Wildman–Crippen MR) is 125 cm³/mol. The van der Waals surface area contributed by atoms with E-state index in [0.717, 1.165) is 5.56 Å². The monoisotopic (exact) mass is 526 g/mol. The van der Waals surface area contributed by atoms with Crippen molar-refractivity contribution in [3.8, 4) is 5.75 Å². The average molecular weight is 527 g/mol. The number of guanidine groups is 1. The van der Waals surface area contributed by atoms with Crippen LogP contribution in [0.4, 0.5) is 11.4 Å². The highest BCUT2D eigenvalue weighted by Crippen LogP contribution is 2.27. The summed E-state index contributed by atoms with van der Waals surface area (Å²) in [5.74, 6) is 0.751. The van der Waals surface area contributed by atoms with Crippen LogP contribution in [-0.2, 0) is 6.54 Å². The molecule has 7 nitrogen and oxygen atoms in total. The number of hydrogen-bond acceptors (Lipinski definition) is 4. The number of halogens is 2. The van der Waals surface area contributed by atoms with Crippen LogP contribution in [0.3, 0.4) is 0 Å². The SMILES string of the molecule is COc1ccc(NC(N)=NCc2cccc(NC(=O)c3ccco3)c2)cc1Cl.I. The van der Waals surface area contributed by atoms with Crippen molar-refractivity contribution in [3.63, 3.8) is 0 Å². The van der Waals surface area contributed by atoms with Crippen LogP contribution in [0.1, 0.15) is 16.1 Å². The van der Waals surface area contributed by atoms with Gasteiger partial charge in [-0.3, -0.25) is 4.79 Å². The Labute approximate surface area is 190 Å². The molecule has 0 saturated carbocycles. The van der Waals surface area contributed by atoms with Gasteiger partial charge in [-0.15, -0.1) is 24.0 Å². The molecule has 1 aromatic heterocycles. The van der Waals surface area contributed by atoms with Gasteiger partial charge in [-0.25, -0.2) is 4.99 Å². The predicted octanol–water partition coefficient (Wildman–Crippen LogP) is 4.74. The number of hydrogen-bond donors (Lipinski definition) is 3. The maximum absolute atomic E-state index is 12.0. The normalized spacial score (nSPS) is 10.8. The molecule has 0 bridgehead atoms. The van der Waals surface area contributed by atoms with Gasteiger partial charge < -0.3 is 25.5 Å². The minimum atomic E-state index is -0.316. The molecule has 0 radical (unpaired) electrons. The molecule has 3 aromatic rings. The van der Waals surface area contributed by atoms with E-state index in [4.69, 9.17) is 26.5 Å². The molecule has 3 rings (SSSR count). The zero-order valence-corrected chi connectivity index (χ0v) is 18.6. The van der Waals surface area contributed by atoms with Crippen LogP contribution in [0.25, 0.3) is 0 Å². The summed E-state index contributed by atoms with van der Waals surface area (Å²) in [7, 11) is 1.55. The van der Waals surface area contributed by atoms with Gasteiger partial charge in [0.15, 0.2) is 11.7 Å². The summed E-state index contributed by atoms with van der Waals surface area (Å²) in [5.41, 5.74) is 8.17. The Morgan fingerprint density at radius 3 is 2.62 bits per heavy atom. The molecule has 2 aromatic carbocycles. The molecule has 0 spiro atoms. The van der Waals surface area contributed by atoms with Gasteiger partial charge >= 0.3 is 0 Å². The topological polar surface area (TPSA) is 102 Å². The van der Waals surface area contributed by atoms with Crippen molar-refractivity contribution < 1.29 is 13.9 Å². The molecule has 1 heterocycles. The van der Waals surface area contributed by atoms with Crippen molar-refractivity contribution in [2.24, 2.45) is 10.7 Å². The zero-order valence-electron chi connectivity index (χ0n) is 15.5. The lowest BCUT2D eigenvalue weighted by atomic mass is 10.2. The Bertz CT molecular complexity index is 993. The summed E-state index contributed by atoms with van der Waals surface area (Å²) in [6.45, 7) is 0.340. The van der Waals surface area contributed by atoms with Gasteiger partial charge in [0.1, 0.15) is 5.75 Å². The lowest BCUT2D eigenvalue weighted by molar-refractivity contribution is 0.0996. The van der Waals surface area contributed by atoms with E-state index in [1.807, 2.05) is 18.2 Å². The van der Waals surface area contributed by atoms with Crippen LogP contribution >= 0.6 is 35.6 Å². The molecule has 0 aliphatic carbocycles. The molecule has 152 valence electrons. The van der Waals surface area contributed by atoms with E-state index in [-0.39, 0.29) is 41.6 Å². The lowest BCUT2D eigenvalue weighted by Crippen LogP contribution is -2.22. The number of carbonyl (C=O) groups excluding carboxylic acids is 1. The van der Waals surface area contributed by atoms with Gasteiger partial charge in [0.25, 0.3) is 5.91 Å². The number of nitrogens with one attached hydrogen (secondary N) is 2. The Balaban J connectivity index is 0.00000300. The maximum atomic E-state index is 12.0. The molecule has 0 atom stereocenters. The first-order valence-corrected chi connectivity index (χ1v) is 8.77. The fourth-order valence-corrected chi connectivity index (χ4v) is 2.71. The summed E-state index contributed by atoms with van der Waals surface area (Å²) >= 11 is 6.09. The molecule has 0 aliphatic rings. The zero-order chi connectivity index (χ0) is 19.9. The second-order valence-electron chi connectivity index (χ2n) is 5.81. The number of methoxy groups -OCH3 is 1. The summed E-state index contributed by atoms with van der Waals surface area (Å²) in [5, 5.41) is 6.22. The van der Waals surface area contributed by atoms with Crippen LogP contribution in [0, 0.1) is 0 Å². The van der Waals surface area contributed by atoms with Gasteiger partial charge in [-0.2, -0.15) is 0 Å². The number of benzene rings is 2. The molecule has 29 heavy (non-hydrogen) atoms. The highest BCUT2D eigenvalue weighted by Gasteiger charge is 2.08. The fourth-order valence-electron chi connectivity index (χ4n) is 2.46. The van der Waals surface area contributed by atoms with Crippen LogP contribution in [0.2, 0.25) is 5.02 Å². The number of carbonyl (C=O) groups is 1. The van der Waals surface area contributed by atoms with E-state index in [1.54, 1.807) is 43.5 Å². The number of furan rings is 1. The summed E-state index contributed by atoms with van der Waals surface area (Å²) in [6, 6.07) is 15.8. The first kappa shape index (κ1) is 22.6. The van der Waals surface area contributed by atoms with Gasteiger partial charge in [0, 0.05) is 11.4 Å². The highest BCUT2D eigenvalue weighted by molar-refractivity contribution is 14.0. The third kappa shape index (κ3) is 6.40. The summed E-state index contributed by atoms with van der Waals surface area (Å²) in [6.07, 6.45) is 1.45. The number of ether oxygens (including phenoxy) is 1. The molecule has 0 saturated heterocycles. The number of aliphatic imine (C=N–C) groups is 1. The van der Waals surface area contributed by atoms with Gasteiger partial charge in [0.05, 0.1) is 24.9 Å². The molecule has 1 amide bonds. The Morgan fingerprint density at radius 1 is 1.14 bits per heavy atom. The third-order valence-electron chi connectivity index (χ3n) is 3.79. The standard InChI is InChI=1S/C20H19ClN4O3.HI/c1-27-17-8-7-15(11-16(17)21)25-20(22)23-12-13-4-2-5-14(10-13)24-19(26)18-6-3-9-28-18;/h2-11H,12H2,1H3,(H,24,26)(H3,22,23,25);1H. The number of anilines is 2. The lowest BCUT2D eigenvalue weighted by Gasteiger charge is -2.09. The molecule has 4 N–H and O–H groups in total. The second kappa shape index (κ2) is 10.7. The molecule has 0 fully saturated rings. The van der Waals surface area contributed by atoms with E-state index in [2.05, 4.69) is 15.6 Å². The van der Waals surface area contributed by atoms with E-state index in [9.17, 15) is 4.79 Å². The van der Waals surface area contributed by atoms with Crippen molar-refractivity contribution >= 4 is 58.8 Å². The van der Waals surface area contributed by atoms with E-state index >= 15 is 0 Å². The van der Waals surface area contributed by atoms with E-state index < -0.39 is 0 Å². The first-order valence-electron chi connectivity index (χ1n) is 8.39. The third-order valence-corrected chi connectivity index (χ3v) is 4.08. The molecule has 9 heteroatoms. The van der Waals surface area contributed by atoms with Gasteiger partial charge in [-0.05, 0) is 48.0 Å². The fraction of sp³-hybridized carbons (Fsp3) is 0.100. The summed E-state index contributed by atoms with van der Waals surface area (Å²) in [4.78, 5) is 16.4. The van der Waals surface area contributed by atoms with Crippen molar-refractivity contribution in [2.45, 2.75) is 6.54 Å². The minimum Gasteiger partial charge on any atom is -0.495 e. The minimum absolute atomic E-state index is 0. The average Bonchev–Trinajstić information content (AvgIpc) is 3.22. The molecule has 0 unspecified atom stereocenters. The Hall–Kier alpha value is -2.72. The van der Waals surface area contributed by atoms with Gasteiger partial charge in [0.2, 0.25) is 0 Å². The quantitative estimate of drug-likeness (QED) is 0.245. The number of nitrogens with two attached hydrogens (primary N) is 1. The molecular formula is C20H20ClIN4O3. The number of rotatable bonds is 6. The van der Waals surface area contributed by atoms with Gasteiger partial charge in [-0.1, -0.05) is 23.7 Å². The maximum Gasteiger partial charge on any atom is 0.291 e. The first-order chi connectivity index (χ1) is 13.5. The van der Waals surface area contributed by atoms with E-state index in [1.165, 1.54) is 6.26 Å². The summed E-state index contributed by atoms with van der Waals surface area (Å²) < 4.78 is 10.2. The van der Waals surface area contributed by atoms with Crippen molar-refractivity contribution in [1.29, 1.82) is 0 Å². The van der Waals surface area contributed by atoms with Crippen molar-refractivity contribution in [3.05, 3.63) is 77.2 Å². The Kier molecular flexibility index (Phi) is 8.34. The number of nitrogens with zero attached hydrogens (tertiary/aromatic N) is 1. The second-order valence-corrected chi connectivity index (χ2v) is 6.21. The van der Waals surface area contributed by atoms with Crippen LogP contribution < -0.4 is 21.1 Å². The molecule has 0 aliphatic heterocycles. The molecular weight excluding hydrogens is 507 g/mol. The largest absolute Gasteiger partial charge is 0.495 e. The van der Waals surface area contributed by atoms with E-state index in [0.29, 0.717) is 28.7 Å².